The van der Waals surface area contributed by atoms with Crippen LogP contribution in [0.1, 0.15) is 17.9 Å². The molecule has 2 aromatic heterocycles. The van der Waals surface area contributed by atoms with Crippen LogP contribution in [0.5, 0.6) is 0 Å². The number of hydrogen-bond acceptors (Lipinski definition) is 5. The Bertz CT molecular complexity index is 1100. The van der Waals surface area contributed by atoms with Crippen molar-refractivity contribution in [2.24, 2.45) is 0 Å². The largest absolute Gasteiger partial charge is 0.354 e. The zero-order valence-corrected chi connectivity index (χ0v) is 14.8. The van der Waals surface area contributed by atoms with Crippen molar-refractivity contribution in [2.45, 2.75) is 18.2 Å². The molecule has 5 nitrogen and oxygen atoms in total. The predicted molar refractivity (Wildman–Crippen MR) is 87.9 cm³/mol. The third kappa shape index (κ3) is 3.44. The van der Waals surface area contributed by atoms with Crippen molar-refractivity contribution in [3.63, 3.8) is 0 Å². The van der Waals surface area contributed by atoms with Gasteiger partial charge in [-0.05, 0) is 36.8 Å². The Labute approximate surface area is 151 Å². The fourth-order valence-electron chi connectivity index (χ4n) is 2.71. The van der Waals surface area contributed by atoms with E-state index in [2.05, 4.69) is 10.1 Å². The number of hydrogen-bond donors (Lipinski definition) is 0. The highest BCUT2D eigenvalue weighted by molar-refractivity contribution is 7.90. The van der Waals surface area contributed by atoms with Gasteiger partial charge in [-0.15, -0.1) is 0 Å². The highest BCUT2D eigenvalue weighted by Gasteiger charge is 2.29. The van der Waals surface area contributed by atoms with E-state index in [0.717, 1.165) is 0 Å². The molecule has 10 heteroatoms. The van der Waals surface area contributed by atoms with Gasteiger partial charge in [-0.3, -0.25) is 4.98 Å². The molecule has 0 bridgehead atoms. The van der Waals surface area contributed by atoms with Crippen molar-refractivity contribution in [2.75, 3.05) is 6.26 Å². The number of aromatic nitrogens is 2. The summed E-state index contributed by atoms with van der Waals surface area (Å²) in [5.41, 5.74) is 0.0191. The number of aryl methyl sites for hydroxylation is 1. The lowest BCUT2D eigenvalue weighted by Gasteiger charge is -2.09. The molecule has 0 unspecified atom stereocenters. The van der Waals surface area contributed by atoms with Crippen LogP contribution in [0, 0.1) is 18.6 Å². The molecule has 0 amide bonds. The molecule has 0 saturated heterocycles. The summed E-state index contributed by atoms with van der Waals surface area (Å²) in [5.74, 6) is -3.69. The summed E-state index contributed by atoms with van der Waals surface area (Å²) in [4.78, 5) is 2.89. The quantitative estimate of drug-likeness (QED) is 0.610. The smallest absolute Gasteiger partial charge is 0.298 e. The minimum atomic E-state index is -4.19. The first-order valence-electron chi connectivity index (χ1n) is 7.50. The average Bonchev–Trinajstić information content (AvgIpc) is 2.98. The van der Waals surface area contributed by atoms with E-state index >= 15 is 0 Å². The van der Waals surface area contributed by atoms with Gasteiger partial charge in [0.1, 0.15) is 22.2 Å². The molecule has 0 aliphatic carbocycles. The molecule has 0 atom stereocenters. The predicted octanol–water partition coefficient (Wildman–Crippen LogP) is 4.33. The third-order valence-corrected chi connectivity index (χ3v) is 4.97. The van der Waals surface area contributed by atoms with Crippen LogP contribution < -0.4 is 0 Å². The molecular formula is C17H12F4N2O3S. The Balaban J connectivity index is 2.32. The SMILES string of the molecule is Cc1ncccc1-c1noc(C(F)F)c1-c1cc(F)c(S(C)(=O)=O)c(F)c1. The molecule has 0 fully saturated rings. The molecule has 2 heterocycles. The number of nitrogens with zero attached hydrogens (tertiary/aromatic N) is 2. The van der Waals surface area contributed by atoms with Crippen LogP contribution in [0.15, 0.2) is 39.9 Å². The number of rotatable bonds is 4. The van der Waals surface area contributed by atoms with E-state index in [4.69, 9.17) is 4.52 Å². The van der Waals surface area contributed by atoms with Gasteiger partial charge < -0.3 is 4.52 Å². The zero-order valence-electron chi connectivity index (χ0n) is 14.0. The normalized spacial score (nSPS) is 12.0. The molecule has 0 spiro atoms. The molecule has 1 aromatic carbocycles. The maximum atomic E-state index is 14.3. The van der Waals surface area contributed by atoms with E-state index in [-0.39, 0.29) is 16.8 Å². The van der Waals surface area contributed by atoms with E-state index in [0.29, 0.717) is 29.6 Å². The first-order valence-corrected chi connectivity index (χ1v) is 9.39. The molecule has 0 saturated carbocycles. The number of benzene rings is 1. The van der Waals surface area contributed by atoms with Crippen LogP contribution in [0.2, 0.25) is 0 Å². The van der Waals surface area contributed by atoms with Crippen molar-refractivity contribution in [3.8, 4) is 22.4 Å². The van der Waals surface area contributed by atoms with Gasteiger partial charge in [0.05, 0.1) is 5.56 Å². The van der Waals surface area contributed by atoms with Gasteiger partial charge in [0, 0.05) is 23.7 Å². The van der Waals surface area contributed by atoms with Crippen molar-refractivity contribution in [3.05, 3.63) is 53.6 Å². The maximum Gasteiger partial charge on any atom is 0.298 e. The first-order chi connectivity index (χ1) is 12.6. The van der Waals surface area contributed by atoms with E-state index in [1.165, 1.54) is 18.3 Å². The average molecular weight is 400 g/mol. The standard InChI is InChI=1S/C17H12F4N2O3S/c1-8-10(4-3-5-22-8)14-13(15(17(20)21)26-23-14)9-6-11(18)16(12(19)7-9)27(2,24)25/h3-7,17H,1-2H3. The number of halogens is 4. The second-order valence-corrected chi connectivity index (χ2v) is 7.70. The second kappa shape index (κ2) is 6.76. The van der Waals surface area contributed by atoms with Gasteiger partial charge in [-0.25, -0.2) is 26.0 Å². The van der Waals surface area contributed by atoms with Crippen LogP contribution in [0.3, 0.4) is 0 Å². The van der Waals surface area contributed by atoms with E-state index in [9.17, 15) is 26.0 Å². The van der Waals surface area contributed by atoms with Crippen LogP contribution in [0.4, 0.5) is 17.6 Å². The molecule has 3 rings (SSSR count). The zero-order chi connectivity index (χ0) is 19.9. The summed E-state index contributed by atoms with van der Waals surface area (Å²) in [5, 5.41) is 3.62. The fourth-order valence-corrected chi connectivity index (χ4v) is 3.53. The van der Waals surface area contributed by atoms with Crippen molar-refractivity contribution in [1.29, 1.82) is 0 Å². The van der Waals surface area contributed by atoms with Gasteiger partial charge >= 0.3 is 0 Å². The molecule has 142 valence electrons. The Morgan fingerprint density at radius 2 is 1.78 bits per heavy atom. The number of alkyl halides is 2. The van der Waals surface area contributed by atoms with Crippen molar-refractivity contribution < 1.29 is 30.5 Å². The molecule has 0 aliphatic heterocycles. The lowest BCUT2D eigenvalue weighted by atomic mass is 9.98. The monoisotopic (exact) mass is 400 g/mol. The topological polar surface area (TPSA) is 73.1 Å². The molecule has 0 N–H and O–H groups in total. The van der Waals surface area contributed by atoms with Gasteiger partial charge in [-0.1, -0.05) is 5.16 Å². The minimum absolute atomic E-state index is 0.0817. The first kappa shape index (κ1) is 19.0. The Kier molecular flexibility index (Phi) is 4.77. The summed E-state index contributed by atoms with van der Waals surface area (Å²) in [7, 11) is -4.19. The third-order valence-electron chi connectivity index (χ3n) is 3.84. The minimum Gasteiger partial charge on any atom is -0.354 e. The lowest BCUT2D eigenvalue weighted by molar-refractivity contribution is 0.113. The van der Waals surface area contributed by atoms with Crippen LogP contribution in [0.25, 0.3) is 22.4 Å². The van der Waals surface area contributed by atoms with Crippen molar-refractivity contribution in [1.82, 2.24) is 10.1 Å². The summed E-state index contributed by atoms with van der Waals surface area (Å²) in [6.45, 7) is 1.60. The highest BCUT2D eigenvalue weighted by atomic mass is 32.2. The molecule has 3 aromatic rings. The van der Waals surface area contributed by atoms with Crippen LogP contribution in [-0.2, 0) is 9.84 Å². The van der Waals surface area contributed by atoms with Gasteiger partial charge in [0.15, 0.2) is 9.84 Å². The van der Waals surface area contributed by atoms with E-state index in [1.807, 2.05) is 0 Å². The molecular weight excluding hydrogens is 388 g/mol. The van der Waals surface area contributed by atoms with E-state index < -0.39 is 38.6 Å². The van der Waals surface area contributed by atoms with Gasteiger partial charge in [0.2, 0.25) is 5.76 Å². The lowest BCUT2D eigenvalue weighted by Crippen LogP contribution is -2.05. The summed E-state index contributed by atoms with van der Waals surface area (Å²) < 4.78 is 83.1. The summed E-state index contributed by atoms with van der Waals surface area (Å²) >= 11 is 0. The molecule has 0 radical (unpaired) electrons. The van der Waals surface area contributed by atoms with E-state index in [1.54, 1.807) is 6.92 Å². The summed E-state index contributed by atoms with van der Waals surface area (Å²) in [6.07, 6.45) is -0.992. The van der Waals surface area contributed by atoms with Crippen LogP contribution in [-0.4, -0.2) is 24.8 Å². The van der Waals surface area contributed by atoms with Crippen LogP contribution >= 0.6 is 0 Å². The molecule has 0 aliphatic rings. The second-order valence-electron chi connectivity index (χ2n) is 5.75. The Hall–Kier alpha value is -2.75. The summed E-state index contributed by atoms with van der Waals surface area (Å²) in [6, 6.07) is 4.40. The Morgan fingerprint density at radius 1 is 1.15 bits per heavy atom. The fraction of sp³-hybridized carbons (Fsp3) is 0.176. The Morgan fingerprint density at radius 3 is 2.30 bits per heavy atom. The number of sulfone groups is 1. The van der Waals surface area contributed by atoms with Crippen molar-refractivity contribution >= 4 is 9.84 Å². The molecule has 27 heavy (non-hydrogen) atoms. The van der Waals surface area contributed by atoms with Gasteiger partial charge in [0.25, 0.3) is 6.43 Å². The number of pyridine rings is 1. The van der Waals surface area contributed by atoms with Gasteiger partial charge in [-0.2, -0.15) is 0 Å². The highest BCUT2D eigenvalue weighted by Crippen LogP contribution is 2.40. The maximum absolute atomic E-state index is 14.3.